The van der Waals surface area contributed by atoms with E-state index in [0.29, 0.717) is 5.92 Å². The highest BCUT2D eigenvalue weighted by Crippen LogP contribution is 2.40. The van der Waals surface area contributed by atoms with E-state index in [2.05, 4.69) is 43.3 Å². The first-order valence-corrected chi connectivity index (χ1v) is 7.86. The number of rotatable bonds is 0. The normalized spacial score (nSPS) is 16.2. The van der Waals surface area contributed by atoms with Crippen LogP contribution in [0.4, 0.5) is 0 Å². The lowest BCUT2D eigenvalue weighted by atomic mass is 9.95. The first kappa shape index (κ1) is 15.0. The molecule has 1 aromatic heterocycles. The summed E-state index contributed by atoms with van der Waals surface area (Å²) >= 11 is 1.96. The maximum Gasteiger partial charge on any atom is 0.0352 e. The third-order valence-corrected chi connectivity index (χ3v) is 4.30. The van der Waals surface area contributed by atoms with Gasteiger partial charge in [-0.15, -0.1) is 11.3 Å². The van der Waals surface area contributed by atoms with E-state index < -0.39 is 0 Å². The van der Waals surface area contributed by atoms with Crippen molar-refractivity contribution in [2.75, 3.05) is 0 Å². The van der Waals surface area contributed by atoms with Gasteiger partial charge in [-0.05, 0) is 29.4 Å². The first-order valence-electron chi connectivity index (χ1n) is 7.04. The Kier molecular flexibility index (Phi) is 6.14. The van der Waals surface area contributed by atoms with Gasteiger partial charge in [0.25, 0.3) is 0 Å². The second-order valence-electron chi connectivity index (χ2n) is 3.92. The molecule has 1 aliphatic rings. The fourth-order valence-electron chi connectivity index (χ4n) is 2.12. The lowest BCUT2D eigenvalue weighted by Crippen LogP contribution is -1.94. The third kappa shape index (κ3) is 2.84. The lowest BCUT2D eigenvalue weighted by Gasteiger charge is -2.12. The van der Waals surface area contributed by atoms with Crippen molar-refractivity contribution in [1.29, 1.82) is 0 Å². The highest BCUT2D eigenvalue weighted by atomic mass is 32.1. The predicted molar refractivity (Wildman–Crippen MR) is 86.6 cm³/mol. The summed E-state index contributed by atoms with van der Waals surface area (Å²) in [6.45, 7) is 10.3. The molecule has 3 rings (SSSR count). The summed E-state index contributed by atoms with van der Waals surface area (Å²) in [6, 6.07) is 8.70. The van der Waals surface area contributed by atoms with Crippen molar-refractivity contribution in [2.24, 2.45) is 0 Å². The van der Waals surface area contributed by atoms with Crippen LogP contribution in [0.3, 0.4) is 0 Å². The van der Waals surface area contributed by atoms with Crippen molar-refractivity contribution in [3.63, 3.8) is 0 Å². The summed E-state index contributed by atoms with van der Waals surface area (Å²) in [7, 11) is 0. The van der Waals surface area contributed by atoms with Crippen molar-refractivity contribution < 1.29 is 0 Å². The second-order valence-corrected chi connectivity index (χ2v) is 5.00. The SMILES string of the molecule is CC.CC.CC1CC=Cc2c1sc1ccccc21. The van der Waals surface area contributed by atoms with Crippen LogP contribution in [-0.4, -0.2) is 0 Å². The minimum atomic E-state index is 0.701. The summed E-state index contributed by atoms with van der Waals surface area (Å²) in [5.74, 6) is 0.701. The minimum Gasteiger partial charge on any atom is -0.139 e. The standard InChI is InChI=1S/C13H12S.2C2H6/c1-9-5-4-7-11-10-6-2-3-8-12(10)14-13(9)11;2*1-2/h2-4,6-9H,5H2,1H3;2*1-2H3. The Labute approximate surface area is 115 Å². The van der Waals surface area contributed by atoms with Crippen LogP contribution in [0.1, 0.15) is 57.4 Å². The number of fused-ring (bicyclic) bond motifs is 3. The number of hydrogen-bond acceptors (Lipinski definition) is 1. The summed E-state index contributed by atoms with van der Waals surface area (Å²) in [5, 5.41) is 1.43. The predicted octanol–water partition coefficient (Wildman–Crippen LogP) is 6.47. The minimum absolute atomic E-state index is 0.701. The number of hydrogen-bond donors (Lipinski definition) is 0. The van der Waals surface area contributed by atoms with Crippen molar-refractivity contribution in [1.82, 2.24) is 0 Å². The molecule has 18 heavy (non-hydrogen) atoms. The van der Waals surface area contributed by atoms with Crippen LogP contribution in [0.25, 0.3) is 16.2 Å². The van der Waals surface area contributed by atoms with Crippen LogP contribution in [0, 0.1) is 0 Å². The molecule has 2 aromatic rings. The van der Waals surface area contributed by atoms with E-state index in [1.54, 1.807) is 4.88 Å². The van der Waals surface area contributed by atoms with Crippen molar-refractivity contribution in [3.8, 4) is 0 Å². The molecule has 0 nitrogen and oxygen atoms in total. The van der Waals surface area contributed by atoms with E-state index in [9.17, 15) is 0 Å². The fraction of sp³-hybridized carbons (Fsp3) is 0.412. The second kappa shape index (κ2) is 7.38. The molecule has 0 aliphatic heterocycles. The Hall–Kier alpha value is -1.08. The van der Waals surface area contributed by atoms with Gasteiger partial charge in [-0.2, -0.15) is 0 Å². The number of allylic oxidation sites excluding steroid dienone is 1. The topological polar surface area (TPSA) is 0 Å². The third-order valence-electron chi connectivity index (χ3n) is 2.88. The Morgan fingerprint density at radius 3 is 2.44 bits per heavy atom. The van der Waals surface area contributed by atoms with Gasteiger partial charge in [0.2, 0.25) is 0 Å². The van der Waals surface area contributed by atoms with Gasteiger partial charge < -0.3 is 0 Å². The molecular weight excluding hydrogens is 236 g/mol. The molecule has 0 spiro atoms. The molecule has 1 unspecified atom stereocenters. The Morgan fingerprint density at radius 1 is 1.06 bits per heavy atom. The van der Waals surface area contributed by atoms with Gasteiger partial charge >= 0.3 is 0 Å². The van der Waals surface area contributed by atoms with Gasteiger partial charge in [0, 0.05) is 9.58 Å². The molecule has 1 atom stereocenters. The van der Waals surface area contributed by atoms with Crippen molar-refractivity contribution in [3.05, 3.63) is 40.8 Å². The molecule has 0 radical (unpaired) electrons. The average Bonchev–Trinajstić information content (AvgIpc) is 2.84. The molecule has 98 valence electrons. The van der Waals surface area contributed by atoms with Gasteiger partial charge in [-0.25, -0.2) is 0 Å². The maximum atomic E-state index is 2.32. The lowest BCUT2D eigenvalue weighted by molar-refractivity contribution is 0.791. The zero-order valence-electron chi connectivity index (χ0n) is 12.2. The highest BCUT2D eigenvalue weighted by Gasteiger charge is 2.17. The quantitative estimate of drug-likeness (QED) is 0.509. The van der Waals surface area contributed by atoms with Crippen LogP contribution in [-0.2, 0) is 0 Å². The van der Waals surface area contributed by atoms with Crippen LogP contribution < -0.4 is 0 Å². The molecule has 0 bridgehead atoms. The average molecular weight is 260 g/mol. The molecule has 0 fully saturated rings. The smallest absolute Gasteiger partial charge is 0.0352 e. The maximum absolute atomic E-state index is 2.32. The molecule has 1 aliphatic carbocycles. The first-order chi connectivity index (χ1) is 8.86. The molecular formula is C17H24S. The van der Waals surface area contributed by atoms with E-state index in [1.165, 1.54) is 22.1 Å². The van der Waals surface area contributed by atoms with Gasteiger partial charge in [0.15, 0.2) is 0 Å². The Morgan fingerprint density at radius 2 is 1.72 bits per heavy atom. The van der Waals surface area contributed by atoms with Crippen LogP contribution >= 0.6 is 11.3 Å². The number of benzene rings is 1. The van der Waals surface area contributed by atoms with Gasteiger partial charge in [-0.3, -0.25) is 0 Å². The molecule has 1 heterocycles. The molecule has 0 N–H and O–H groups in total. The zero-order valence-corrected chi connectivity index (χ0v) is 13.0. The summed E-state index contributed by atoms with van der Waals surface area (Å²) in [4.78, 5) is 1.56. The summed E-state index contributed by atoms with van der Waals surface area (Å²) < 4.78 is 1.43. The van der Waals surface area contributed by atoms with Gasteiger partial charge in [-0.1, -0.05) is 65.0 Å². The van der Waals surface area contributed by atoms with Gasteiger partial charge in [0.05, 0.1) is 0 Å². The van der Waals surface area contributed by atoms with E-state index in [-0.39, 0.29) is 0 Å². The fourth-order valence-corrected chi connectivity index (χ4v) is 3.38. The van der Waals surface area contributed by atoms with E-state index >= 15 is 0 Å². The molecule has 0 amide bonds. The molecule has 1 heteroatoms. The Bertz CT molecular complexity index is 505. The van der Waals surface area contributed by atoms with Crippen molar-refractivity contribution in [2.45, 2.75) is 47.0 Å². The largest absolute Gasteiger partial charge is 0.139 e. The Balaban J connectivity index is 0.000000371. The molecule has 1 aromatic carbocycles. The molecule has 0 saturated heterocycles. The molecule has 0 saturated carbocycles. The van der Waals surface area contributed by atoms with E-state index in [1.807, 2.05) is 39.0 Å². The summed E-state index contributed by atoms with van der Waals surface area (Å²) in [6.07, 6.45) is 5.78. The van der Waals surface area contributed by atoms with E-state index in [4.69, 9.17) is 0 Å². The van der Waals surface area contributed by atoms with Crippen molar-refractivity contribution >= 4 is 27.5 Å². The van der Waals surface area contributed by atoms with E-state index in [0.717, 1.165) is 0 Å². The van der Waals surface area contributed by atoms with Crippen LogP contribution in [0.2, 0.25) is 0 Å². The zero-order chi connectivity index (χ0) is 13.5. The van der Waals surface area contributed by atoms with Gasteiger partial charge in [0.1, 0.15) is 0 Å². The van der Waals surface area contributed by atoms with Crippen LogP contribution in [0.15, 0.2) is 30.3 Å². The van der Waals surface area contributed by atoms with Crippen LogP contribution in [0.5, 0.6) is 0 Å². The highest BCUT2D eigenvalue weighted by molar-refractivity contribution is 7.19. The monoisotopic (exact) mass is 260 g/mol. The number of thiophene rings is 1. The summed E-state index contributed by atoms with van der Waals surface area (Å²) in [5.41, 5.74) is 1.46.